The van der Waals surface area contributed by atoms with E-state index in [0.29, 0.717) is 36.3 Å². The van der Waals surface area contributed by atoms with E-state index in [1.54, 1.807) is 0 Å². The molecule has 0 unspecified atom stereocenters. The lowest BCUT2D eigenvalue weighted by molar-refractivity contribution is 0.112. The largest absolute Gasteiger partial charge is 0.485 e. The number of carbonyl (C=O) groups is 1. The minimum atomic E-state index is 0.311. The molecule has 6 heteroatoms. The maximum atomic E-state index is 11.4. The summed E-state index contributed by atoms with van der Waals surface area (Å²) >= 11 is 1.50. The molecule has 0 aromatic carbocycles. The van der Waals surface area contributed by atoms with Crippen LogP contribution in [0, 0.1) is 0 Å². The first-order valence-electron chi connectivity index (χ1n) is 7.20. The van der Waals surface area contributed by atoms with Gasteiger partial charge in [-0.1, -0.05) is 13.8 Å². The number of rotatable bonds is 5. The van der Waals surface area contributed by atoms with Crippen molar-refractivity contribution in [2.75, 3.05) is 13.2 Å². The molecule has 5 nitrogen and oxygen atoms in total. The van der Waals surface area contributed by atoms with Crippen molar-refractivity contribution < 1.29 is 14.3 Å². The summed E-state index contributed by atoms with van der Waals surface area (Å²) in [6.45, 7) is 5.34. The molecule has 1 aliphatic rings. The predicted molar refractivity (Wildman–Crippen MR) is 81.5 cm³/mol. The lowest BCUT2D eigenvalue weighted by atomic mass is 10.2. The highest BCUT2D eigenvalue weighted by Crippen LogP contribution is 2.45. The number of aromatic nitrogens is 2. The molecule has 0 radical (unpaired) electrons. The van der Waals surface area contributed by atoms with Crippen molar-refractivity contribution in [2.45, 2.75) is 32.7 Å². The normalized spacial score (nSPS) is 13.7. The van der Waals surface area contributed by atoms with E-state index in [1.807, 2.05) is 16.3 Å². The van der Waals surface area contributed by atoms with Gasteiger partial charge in [0.05, 0.1) is 11.6 Å². The zero-order valence-electron chi connectivity index (χ0n) is 12.2. The summed E-state index contributed by atoms with van der Waals surface area (Å²) in [4.78, 5) is 12.3. The maximum Gasteiger partial charge on any atom is 0.181 e. The van der Waals surface area contributed by atoms with Gasteiger partial charge in [0.1, 0.15) is 23.8 Å². The Morgan fingerprint density at radius 3 is 2.86 bits per heavy atom. The molecule has 1 aliphatic heterocycles. The molecule has 0 saturated heterocycles. The fourth-order valence-electron chi connectivity index (χ4n) is 2.54. The van der Waals surface area contributed by atoms with E-state index in [0.717, 1.165) is 29.8 Å². The molecule has 2 aromatic heterocycles. The van der Waals surface area contributed by atoms with Crippen molar-refractivity contribution in [1.82, 2.24) is 9.78 Å². The van der Waals surface area contributed by atoms with E-state index in [1.165, 1.54) is 11.3 Å². The van der Waals surface area contributed by atoms with Crippen molar-refractivity contribution in [3.8, 4) is 22.1 Å². The Morgan fingerprint density at radius 2 is 2.14 bits per heavy atom. The first kappa shape index (κ1) is 14.1. The first-order valence-corrected chi connectivity index (χ1v) is 8.08. The minimum absolute atomic E-state index is 0.311. The lowest BCUT2D eigenvalue weighted by Crippen LogP contribution is -2.14. The van der Waals surface area contributed by atoms with Gasteiger partial charge >= 0.3 is 0 Å². The third-order valence-electron chi connectivity index (χ3n) is 3.72. The number of fused-ring (bicyclic) bond motifs is 1. The molecule has 3 heterocycles. The summed E-state index contributed by atoms with van der Waals surface area (Å²) in [6, 6.07) is 0.311. The molecule has 0 N–H and O–H groups in total. The zero-order chi connectivity index (χ0) is 14.8. The summed E-state index contributed by atoms with van der Waals surface area (Å²) < 4.78 is 13.1. The Morgan fingerprint density at radius 1 is 1.38 bits per heavy atom. The average Bonchev–Trinajstić information content (AvgIpc) is 3.12. The Balaban J connectivity index is 2.05. The highest BCUT2D eigenvalue weighted by molar-refractivity contribution is 7.14. The number of thiophene rings is 1. The molecule has 0 atom stereocenters. The molecule has 21 heavy (non-hydrogen) atoms. The summed E-state index contributed by atoms with van der Waals surface area (Å²) in [5.41, 5.74) is 1.29. The molecule has 0 saturated carbocycles. The van der Waals surface area contributed by atoms with E-state index >= 15 is 0 Å². The van der Waals surface area contributed by atoms with E-state index in [2.05, 4.69) is 18.9 Å². The van der Waals surface area contributed by atoms with Gasteiger partial charge in [0.15, 0.2) is 17.8 Å². The van der Waals surface area contributed by atoms with Crippen molar-refractivity contribution in [3.63, 3.8) is 0 Å². The Bertz CT molecular complexity index is 643. The van der Waals surface area contributed by atoms with Crippen molar-refractivity contribution in [2.24, 2.45) is 0 Å². The highest BCUT2D eigenvalue weighted by atomic mass is 32.1. The van der Waals surface area contributed by atoms with Crippen LogP contribution in [0.15, 0.2) is 11.6 Å². The number of hydrogen-bond acceptors (Lipinski definition) is 5. The summed E-state index contributed by atoms with van der Waals surface area (Å²) in [7, 11) is 0. The summed E-state index contributed by atoms with van der Waals surface area (Å²) in [5.74, 6) is 1.46. The molecule has 0 spiro atoms. The Hall–Kier alpha value is -1.82. The lowest BCUT2D eigenvalue weighted by Gasteiger charge is -2.15. The molecular weight excluding hydrogens is 288 g/mol. The van der Waals surface area contributed by atoms with Crippen LogP contribution in [0.5, 0.6) is 11.5 Å². The van der Waals surface area contributed by atoms with Crippen molar-refractivity contribution >= 4 is 17.6 Å². The Labute approximate surface area is 127 Å². The van der Waals surface area contributed by atoms with Gasteiger partial charge in [-0.3, -0.25) is 9.48 Å². The monoisotopic (exact) mass is 306 g/mol. The zero-order valence-corrected chi connectivity index (χ0v) is 13.0. The molecule has 0 fully saturated rings. The van der Waals surface area contributed by atoms with Crippen LogP contribution in [0.4, 0.5) is 0 Å². The smallest absolute Gasteiger partial charge is 0.181 e. The van der Waals surface area contributed by atoms with Gasteiger partial charge in [0.25, 0.3) is 0 Å². The van der Waals surface area contributed by atoms with Gasteiger partial charge in [-0.2, -0.15) is 5.10 Å². The second-order valence-corrected chi connectivity index (χ2v) is 5.84. The van der Waals surface area contributed by atoms with Crippen LogP contribution in [-0.2, 0) is 0 Å². The number of aldehydes is 1. The highest BCUT2D eigenvalue weighted by Gasteiger charge is 2.24. The standard InChI is InChI=1S/C15H18N2O3S/c1-3-11(4-2)17-7-10(8-18)13(16-17)15-14-12(9-21-15)19-5-6-20-14/h7-9,11H,3-6H2,1-2H3. The second-order valence-electron chi connectivity index (χ2n) is 4.96. The molecule has 2 aromatic rings. The van der Waals surface area contributed by atoms with Crippen LogP contribution < -0.4 is 9.47 Å². The van der Waals surface area contributed by atoms with Crippen LogP contribution in [0.1, 0.15) is 43.1 Å². The van der Waals surface area contributed by atoms with Crippen LogP contribution in [0.2, 0.25) is 0 Å². The second kappa shape index (κ2) is 5.89. The molecule has 0 amide bonds. The minimum Gasteiger partial charge on any atom is -0.485 e. The third-order valence-corrected chi connectivity index (χ3v) is 4.67. The molecule has 112 valence electrons. The SMILES string of the molecule is CCC(CC)n1cc(C=O)c(-c2scc3c2OCCO3)n1. The molecular formula is C15H18N2O3S. The fourth-order valence-corrected chi connectivity index (χ4v) is 3.48. The Kier molecular flexibility index (Phi) is 3.96. The summed E-state index contributed by atoms with van der Waals surface area (Å²) in [6.07, 6.45) is 4.66. The van der Waals surface area contributed by atoms with Crippen molar-refractivity contribution in [1.29, 1.82) is 0 Å². The third kappa shape index (κ3) is 2.44. The van der Waals surface area contributed by atoms with Gasteiger partial charge in [-0.05, 0) is 12.8 Å². The van der Waals surface area contributed by atoms with Gasteiger partial charge in [-0.25, -0.2) is 0 Å². The van der Waals surface area contributed by atoms with Gasteiger partial charge < -0.3 is 9.47 Å². The maximum absolute atomic E-state index is 11.4. The van der Waals surface area contributed by atoms with Crippen LogP contribution in [-0.4, -0.2) is 29.3 Å². The predicted octanol–water partition coefficient (Wildman–Crippen LogP) is 3.56. The van der Waals surface area contributed by atoms with Crippen LogP contribution in [0.25, 0.3) is 10.6 Å². The van der Waals surface area contributed by atoms with E-state index < -0.39 is 0 Å². The average molecular weight is 306 g/mol. The van der Waals surface area contributed by atoms with Gasteiger partial charge in [-0.15, -0.1) is 11.3 Å². The van der Waals surface area contributed by atoms with Crippen LogP contribution >= 0.6 is 11.3 Å². The number of carbonyl (C=O) groups excluding carboxylic acids is 1. The van der Waals surface area contributed by atoms with Gasteiger partial charge in [0, 0.05) is 11.6 Å². The number of nitrogens with zero attached hydrogens (tertiary/aromatic N) is 2. The topological polar surface area (TPSA) is 53.4 Å². The van der Waals surface area contributed by atoms with Crippen molar-refractivity contribution in [3.05, 3.63) is 17.1 Å². The van der Waals surface area contributed by atoms with E-state index in [-0.39, 0.29) is 0 Å². The molecule has 0 aliphatic carbocycles. The molecule has 3 rings (SSSR count). The fraction of sp³-hybridized carbons (Fsp3) is 0.467. The van der Waals surface area contributed by atoms with E-state index in [9.17, 15) is 4.79 Å². The van der Waals surface area contributed by atoms with E-state index in [4.69, 9.17) is 9.47 Å². The van der Waals surface area contributed by atoms with Crippen LogP contribution in [0.3, 0.4) is 0 Å². The quantitative estimate of drug-likeness (QED) is 0.793. The first-order chi connectivity index (χ1) is 10.3. The van der Waals surface area contributed by atoms with Gasteiger partial charge in [0.2, 0.25) is 0 Å². The number of hydrogen-bond donors (Lipinski definition) is 0. The molecule has 0 bridgehead atoms. The summed E-state index contributed by atoms with van der Waals surface area (Å²) in [5, 5.41) is 6.55. The number of ether oxygens (including phenoxy) is 2.